The molecule has 2 bridgehead atoms. The van der Waals surface area contributed by atoms with Gasteiger partial charge in [-0.1, -0.05) is 40.3 Å². The van der Waals surface area contributed by atoms with Crippen LogP contribution in [0.25, 0.3) is 0 Å². The Morgan fingerprint density at radius 1 is 1.22 bits per heavy atom. The van der Waals surface area contributed by atoms with E-state index >= 15 is 0 Å². The third-order valence-electron chi connectivity index (χ3n) is 7.49. The lowest BCUT2D eigenvalue weighted by Gasteiger charge is -2.54. The van der Waals surface area contributed by atoms with Gasteiger partial charge in [0, 0.05) is 3.92 Å². The van der Waals surface area contributed by atoms with Crippen molar-refractivity contribution in [3.63, 3.8) is 0 Å². The molecular formula is C20H23IO2. The number of esters is 1. The Kier molecular flexibility index (Phi) is 3.04. The van der Waals surface area contributed by atoms with Crippen LogP contribution < -0.4 is 0 Å². The molecule has 4 aliphatic rings. The van der Waals surface area contributed by atoms with Crippen LogP contribution in [0.4, 0.5) is 0 Å². The minimum Gasteiger partial charge on any atom is -0.455 e. The fourth-order valence-electron chi connectivity index (χ4n) is 6.52. The molecule has 0 aromatic heterocycles. The minimum absolute atomic E-state index is 0.110. The molecule has 0 aliphatic heterocycles. The maximum atomic E-state index is 12.7. The standard InChI is InChI=1S/C20H23IO2/c1-12-2-4-13(5-3-12)18(22)23-19-7-6-14-9-17(21)16-8-15(10-19)20(14,16)11-19/h2-5,14-17H,6-11H2,1H3. The summed E-state index contributed by atoms with van der Waals surface area (Å²) in [6.07, 6.45) is 7.42. The molecule has 1 spiro atoms. The molecular weight excluding hydrogens is 399 g/mol. The van der Waals surface area contributed by atoms with Crippen LogP contribution in [0.5, 0.6) is 0 Å². The second-order valence-electron chi connectivity index (χ2n) is 8.46. The largest absolute Gasteiger partial charge is 0.455 e. The molecule has 6 atom stereocenters. The molecule has 4 aliphatic carbocycles. The zero-order chi connectivity index (χ0) is 15.8. The van der Waals surface area contributed by atoms with Crippen LogP contribution in [0.2, 0.25) is 0 Å². The average Bonchev–Trinajstić information content (AvgIpc) is 2.85. The Morgan fingerprint density at radius 2 is 2.00 bits per heavy atom. The van der Waals surface area contributed by atoms with Crippen LogP contribution in [0.15, 0.2) is 24.3 Å². The molecule has 0 N–H and O–H groups in total. The van der Waals surface area contributed by atoms with E-state index in [-0.39, 0.29) is 11.6 Å². The van der Waals surface area contributed by atoms with E-state index in [9.17, 15) is 4.79 Å². The Labute approximate surface area is 151 Å². The van der Waals surface area contributed by atoms with Gasteiger partial charge in [0.05, 0.1) is 5.56 Å². The number of alkyl halides is 1. The van der Waals surface area contributed by atoms with Gasteiger partial charge in [0.1, 0.15) is 5.60 Å². The molecule has 2 nitrogen and oxygen atoms in total. The Bertz CT molecular complexity index is 669. The van der Waals surface area contributed by atoms with Crippen molar-refractivity contribution >= 4 is 28.6 Å². The molecule has 0 radical (unpaired) electrons. The van der Waals surface area contributed by atoms with Gasteiger partial charge in [-0.15, -0.1) is 0 Å². The number of halogens is 1. The topological polar surface area (TPSA) is 26.3 Å². The van der Waals surface area contributed by atoms with Gasteiger partial charge in [-0.05, 0) is 80.8 Å². The van der Waals surface area contributed by atoms with Crippen molar-refractivity contribution < 1.29 is 9.53 Å². The lowest BCUT2D eigenvalue weighted by molar-refractivity contribution is -0.0783. The zero-order valence-corrected chi connectivity index (χ0v) is 15.7. The highest BCUT2D eigenvalue weighted by Gasteiger charge is 2.74. The van der Waals surface area contributed by atoms with E-state index in [0.717, 1.165) is 40.9 Å². The fraction of sp³-hybridized carbons (Fsp3) is 0.650. The first-order chi connectivity index (χ1) is 11.0. The Balaban J connectivity index is 1.40. The van der Waals surface area contributed by atoms with Crippen molar-refractivity contribution in [3.05, 3.63) is 35.4 Å². The zero-order valence-electron chi connectivity index (χ0n) is 13.6. The van der Waals surface area contributed by atoms with Gasteiger partial charge in [-0.25, -0.2) is 4.79 Å². The molecule has 0 heterocycles. The van der Waals surface area contributed by atoms with Crippen molar-refractivity contribution in [2.45, 2.75) is 55.0 Å². The smallest absolute Gasteiger partial charge is 0.338 e. The predicted octanol–water partition coefficient (Wildman–Crippen LogP) is 4.92. The van der Waals surface area contributed by atoms with E-state index in [0.29, 0.717) is 11.0 Å². The SMILES string of the molecule is Cc1ccc(C(=O)OC23CCC4CC(I)C5CC(C2)C45C3)cc1. The predicted molar refractivity (Wildman–Crippen MR) is 97.7 cm³/mol. The summed E-state index contributed by atoms with van der Waals surface area (Å²) in [7, 11) is 0. The van der Waals surface area contributed by atoms with Gasteiger partial charge in [-0.2, -0.15) is 0 Å². The molecule has 0 saturated heterocycles. The summed E-state index contributed by atoms with van der Waals surface area (Å²) < 4.78 is 7.05. The molecule has 3 heteroatoms. The molecule has 5 rings (SSSR count). The van der Waals surface area contributed by atoms with Gasteiger partial charge >= 0.3 is 5.97 Å². The minimum atomic E-state index is -0.154. The van der Waals surface area contributed by atoms with Crippen LogP contribution in [0, 0.1) is 30.1 Å². The Morgan fingerprint density at radius 3 is 2.78 bits per heavy atom. The number of carbonyl (C=O) groups is 1. The van der Waals surface area contributed by atoms with E-state index < -0.39 is 0 Å². The first kappa shape index (κ1) is 14.7. The molecule has 1 aromatic carbocycles. The van der Waals surface area contributed by atoms with Crippen LogP contribution in [-0.4, -0.2) is 15.5 Å². The number of hydrogen-bond acceptors (Lipinski definition) is 2. The van der Waals surface area contributed by atoms with Crippen molar-refractivity contribution in [1.29, 1.82) is 0 Å². The van der Waals surface area contributed by atoms with E-state index in [4.69, 9.17) is 4.74 Å². The highest BCUT2D eigenvalue weighted by Crippen LogP contribution is 2.77. The van der Waals surface area contributed by atoms with Gasteiger partial charge in [0.25, 0.3) is 0 Å². The summed E-state index contributed by atoms with van der Waals surface area (Å²) in [6, 6.07) is 7.80. The molecule has 1 aromatic rings. The number of benzene rings is 1. The number of aryl methyl sites for hydroxylation is 1. The average molecular weight is 422 g/mol. The van der Waals surface area contributed by atoms with Crippen LogP contribution in [0.1, 0.15) is 54.4 Å². The van der Waals surface area contributed by atoms with Crippen LogP contribution in [-0.2, 0) is 4.74 Å². The van der Waals surface area contributed by atoms with Crippen molar-refractivity contribution in [2.75, 3.05) is 0 Å². The van der Waals surface area contributed by atoms with Crippen molar-refractivity contribution in [2.24, 2.45) is 23.2 Å². The van der Waals surface area contributed by atoms with Gasteiger partial charge in [0.2, 0.25) is 0 Å². The first-order valence-corrected chi connectivity index (χ1v) is 10.2. The monoisotopic (exact) mass is 422 g/mol. The van der Waals surface area contributed by atoms with Crippen LogP contribution in [0.3, 0.4) is 0 Å². The highest BCUT2D eigenvalue weighted by atomic mass is 127. The normalized spacial score (nSPS) is 46.2. The van der Waals surface area contributed by atoms with Crippen molar-refractivity contribution in [1.82, 2.24) is 0 Å². The molecule has 6 unspecified atom stereocenters. The summed E-state index contributed by atoms with van der Waals surface area (Å²) in [5, 5.41) is 0. The fourth-order valence-corrected chi connectivity index (χ4v) is 8.10. The van der Waals surface area contributed by atoms with Crippen LogP contribution >= 0.6 is 22.6 Å². The number of fused-ring (bicyclic) bond motifs is 1. The number of rotatable bonds is 2. The number of carbonyl (C=O) groups excluding carboxylic acids is 1. The summed E-state index contributed by atoms with van der Waals surface area (Å²) in [6.45, 7) is 2.05. The van der Waals surface area contributed by atoms with E-state index in [1.165, 1.54) is 24.8 Å². The van der Waals surface area contributed by atoms with E-state index in [2.05, 4.69) is 22.6 Å². The molecule has 23 heavy (non-hydrogen) atoms. The molecule has 0 amide bonds. The number of ether oxygens (including phenoxy) is 1. The Hall–Kier alpha value is -0.580. The van der Waals surface area contributed by atoms with Gasteiger partial charge in [0.15, 0.2) is 0 Å². The second-order valence-corrected chi connectivity index (χ2v) is 10.1. The summed E-state index contributed by atoms with van der Waals surface area (Å²) >= 11 is 2.69. The third-order valence-corrected chi connectivity index (χ3v) is 8.86. The molecule has 122 valence electrons. The maximum absolute atomic E-state index is 12.7. The lowest BCUT2D eigenvalue weighted by atomic mass is 9.51. The van der Waals surface area contributed by atoms with E-state index in [1.54, 1.807) is 0 Å². The number of hydrogen-bond donors (Lipinski definition) is 0. The first-order valence-electron chi connectivity index (χ1n) is 8.97. The maximum Gasteiger partial charge on any atom is 0.338 e. The van der Waals surface area contributed by atoms with Gasteiger partial charge < -0.3 is 4.74 Å². The van der Waals surface area contributed by atoms with Gasteiger partial charge in [-0.3, -0.25) is 0 Å². The molecule has 4 fully saturated rings. The molecule has 4 saturated carbocycles. The summed E-state index contributed by atoms with van der Waals surface area (Å²) in [5.74, 6) is 2.52. The third kappa shape index (κ3) is 1.89. The summed E-state index contributed by atoms with van der Waals surface area (Å²) in [5.41, 5.74) is 2.27. The second kappa shape index (κ2) is 4.74. The van der Waals surface area contributed by atoms with E-state index in [1.807, 2.05) is 31.2 Å². The van der Waals surface area contributed by atoms with Crippen molar-refractivity contribution in [3.8, 4) is 0 Å². The lowest BCUT2D eigenvalue weighted by Crippen LogP contribution is -2.49. The quantitative estimate of drug-likeness (QED) is 0.384. The summed E-state index contributed by atoms with van der Waals surface area (Å²) in [4.78, 5) is 12.7. The highest BCUT2D eigenvalue weighted by molar-refractivity contribution is 14.1.